The predicted octanol–water partition coefficient (Wildman–Crippen LogP) is 3.71. The van der Waals surface area contributed by atoms with Crippen LogP contribution in [0.1, 0.15) is 19.4 Å². The normalized spacial score (nSPS) is 10.6. The van der Waals surface area contributed by atoms with Gasteiger partial charge < -0.3 is 4.90 Å². The van der Waals surface area contributed by atoms with E-state index in [0.717, 1.165) is 40.7 Å². The summed E-state index contributed by atoms with van der Waals surface area (Å²) >= 11 is 3.42. The highest BCUT2D eigenvalue weighted by Crippen LogP contribution is 2.29. The summed E-state index contributed by atoms with van der Waals surface area (Å²) in [6, 6.07) is 8.42. The second-order valence-corrected chi connectivity index (χ2v) is 5.81. The molecule has 0 radical (unpaired) electrons. The van der Waals surface area contributed by atoms with E-state index in [-0.39, 0.29) is 0 Å². The van der Waals surface area contributed by atoms with E-state index in [4.69, 9.17) is 0 Å². The van der Waals surface area contributed by atoms with Crippen molar-refractivity contribution in [2.24, 2.45) is 0 Å². The van der Waals surface area contributed by atoms with E-state index in [2.05, 4.69) is 24.8 Å². The zero-order valence-electron chi connectivity index (χ0n) is 11.3. The Morgan fingerprint density at radius 2 is 1.89 bits per heavy atom. The molecule has 0 bridgehead atoms. The van der Waals surface area contributed by atoms with E-state index in [9.17, 15) is 5.26 Å². The monoisotopic (exact) mass is 280 g/mol. The van der Waals surface area contributed by atoms with Crippen LogP contribution in [-0.2, 0) is 0 Å². The van der Waals surface area contributed by atoms with Gasteiger partial charge in [-0.1, -0.05) is 19.9 Å². The molecule has 98 valence electrons. The minimum absolute atomic E-state index is 0.828. The lowest BCUT2D eigenvalue weighted by molar-refractivity contribution is 0.324. The van der Waals surface area contributed by atoms with E-state index in [1.807, 2.05) is 24.5 Å². The van der Waals surface area contributed by atoms with Crippen LogP contribution in [0.2, 0.25) is 0 Å². The highest BCUT2D eigenvalue weighted by atomic mass is 32.2. The highest BCUT2D eigenvalue weighted by molar-refractivity contribution is 7.99. The molecule has 18 heavy (non-hydrogen) atoms. The Bertz CT molecular complexity index is 409. The fraction of sp³-hybridized carbons (Fsp3) is 0.500. The van der Waals surface area contributed by atoms with Crippen molar-refractivity contribution < 1.29 is 0 Å². The second kappa shape index (κ2) is 8.47. The van der Waals surface area contributed by atoms with E-state index < -0.39 is 0 Å². The molecule has 0 aliphatic rings. The lowest BCUT2D eigenvalue weighted by atomic mass is 10.2. The summed E-state index contributed by atoms with van der Waals surface area (Å²) in [6.45, 7) is 7.62. The van der Waals surface area contributed by atoms with Crippen LogP contribution in [0.25, 0.3) is 0 Å². The third kappa shape index (κ3) is 4.24. The molecule has 0 saturated heterocycles. The Balaban J connectivity index is 2.65. The van der Waals surface area contributed by atoms with Gasteiger partial charge in [-0.15, -0.1) is 23.5 Å². The first-order valence-corrected chi connectivity index (χ1v) is 8.40. The third-order valence-electron chi connectivity index (χ3n) is 2.88. The van der Waals surface area contributed by atoms with Gasteiger partial charge in [0.25, 0.3) is 0 Å². The van der Waals surface area contributed by atoms with Gasteiger partial charge in [0, 0.05) is 22.1 Å². The molecule has 0 fully saturated rings. The van der Waals surface area contributed by atoms with Crippen molar-refractivity contribution in [3.05, 3.63) is 23.8 Å². The van der Waals surface area contributed by atoms with Gasteiger partial charge >= 0.3 is 0 Å². The number of thioether (sulfide) groups is 2. The molecule has 0 aliphatic heterocycles. The van der Waals surface area contributed by atoms with Crippen LogP contribution in [0.4, 0.5) is 0 Å². The Morgan fingerprint density at radius 1 is 1.22 bits per heavy atom. The molecule has 1 aromatic carbocycles. The topological polar surface area (TPSA) is 27.0 Å². The van der Waals surface area contributed by atoms with Crippen molar-refractivity contribution in [2.75, 3.05) is 31.6 Å². The van der Waals surface area contributed by atoms with Crippen molar-refractivity contribution in [2.45, 2.75) is 23.6 Å². The molecular formula is C14H20N2S2. The first-order chi connectivity index (χ1) is 8.76. The molecule has 4 heteroatoms. The first-order valence-electron chi connectivity index (χ1n) is 6.19. The van der Waals surface area contributed by atoms with Gasteiger partial charge in [0.05, 0.1) is 5.56 Å². The van der Waals surface area contributed by atoms with Crippen LogP contribution in [0, 0.1) is 11.3 Å². The first kappa shape index (κ1) is 15.4. The lowest BCUT2D eigenvalue weighted by Gasteiger charge is -2.17. The minimum Gasteiger partial charge on any atom is -0.303 e. The lowest BCUT2D eigenvalue weighted by Crippen LogP contribution is -2.25. The smallest absolute Gasteiger partial charge is 0.101 e. The quantitative estimate of drug-likeness (QED) is 0.711. The van der Waals surface area contributed by atoms with Crippen LogP contribution in [0.15, 0.2) is 28.0 Å². The zero-order valence-corrected chi connectivity index (χ0v) is 12.9. The molecule has 0 heterocycles. The molecule has 0 spiro atoms. The molecule has 1 aromatic rings. The molecule has 2 nitrogen and oxygen atoms in total. The SMILES string of the molecule is CCN(CC)CCSc1cccc(SC)c1C#N. The van der Waals surface area contributed by atoms with E-state index in [0.29, 0.717) is 0 Å². The predicted molar refractivity (Wildman–Crippen MR) is 81.5 cm³/mol. The standard InChI is InChI=1S/C14H20N2S2/c1-4-16(5-2)9-10-18-14-8-6-7-13(17-3)12(14)11-15/h6-8H,4-5,9-10H2,1-3H3. The van der Waals surface area contributed by atoms with Crippen LogP contribution in [-0.4, -0.2) is 36.5 Å². The van der Waals surface area contributed by atoms with Crippen molar-refractivity contribution in [1.82, 2.24) is 4.90 Å². The van der Waals surface area contributed by atoms with Gasteiger partial charge in [-0.05, 0) is 31.5 Å². The Morgan fingerprint density at radius 3 is 2.44 bits per heavy atom. The molecule has 0 aliphatic carbocycles. The molecule has 0 saturated carbocycles. The average molecular weight is 280 g/mol. The maximum atomic E-state index is 9.24. The van der Waals surface area contributed by atoms with E-state index in [1.165, 1.54) is 0 Å². The number of nitrogens with zero attached hydrogens (tertiary/aromatic N) is 2. The summed E-state index contributed by atoms with van der Waals surface area (Å²) < 4.78 is 0. The number of hydrogen-bond acceptors (Lipinski definition) is 4. The number of rotatable bonds is 7. The molecule has 1 rings (SSSR count). The fourth-order valence-electron chi connectivity index (χ4n) is 1.74. The van der Waals surface area contributed by atoms with Gasteiger partial charge in [0.1, 0.15) is 6.07 Å². The molecular weight excluding hydrogens is 260 g/mol. The summed E-state index contributed by atoms with van der Waals surface area (Å²) in [4.78, 5) is 4.58. The molecule has 0 N–H and O–H groups in total. The summed E-state index contributed by atoms with van der Waals surface area (Å²) in [5.74, 6) is 1.04. The van der Waals surface area contributed by atoms with Crippen LogP contribution in [0.5, 0.6) is 0 Å². The maximum absolute atomic E-state index is 9.24. The molecule has 0 unspecified atom stereocenters. The second-order valence-electron chi connectivity index (χ2n) is 3.82. The van der Waals surface area contributed by atoms with Crippen molar-refractivity contribution in [3.8, 4) is 6.07 Å². The zero-order chi connectivity index (χ0) is 13.4. The minimum atomic E-state index is 0.828. The van der Waals surface area contributed by atoms with Crippen LogP contribution < -0.4 is 0 Å². The van der Waals surface area contributed by atoms with Gasteiger partial charge in [0.2, 0.25) is 0 Å². The average Bonchev–Trinajstić information content (AvgIpc) is 2.43. The fourth-order valence-corrected chi connectivity index (χ4v) is 3.42. The van der Waals surface area contributed by atoms with Gasteiger partial charge in [-0.3, -0.25) is 0 Å². The van der Waals surface area contributed by atoms with Gasteiger partial charge in [0.15, 0.2) is 0 Å². The number of benzene rings is 1. The molecule has 0 amide bonds. The number of hydrogen-bond donors (Lipinski definition) is 0. The number of nitriles is 1. The molecule has 0 atom stereocenters. The van der Waals surface area contributed by atoms with Gasteiger partial charge in [-0.2, -0.15) is 5.26 Å². The van der Waals surface area contributed by atoms with Gasteiger partial charge in [-0.25, -0.2) is 0 Å². The Hall–Kier alpha value is -0.630. The third-order valence-corrected chi connectivity index (χ3v) is 4.70. The van der Waals surface area contributed by atoms with Crippen molar-refractivity contribution in [3.63, 3.8) is 0 Å². The van der Waals surface area contributed by atoms with Crippen molar-refractivity contribution in [1.29, 1.82) is 5.26 Å². The van der Waals surface area contributed by atoms with E-state index in [1.54, 1.807) is 23.5 Å². The summed E-state index contributed by atoms with van der Waals surface area (Å²) in [6.07, 6.45) is 2.01. The van der Waals surface area contributed by atoms with Crippen LogP contribution in [0.3, 0.4) is 0 Å². The largest absolute Gasteiger partial charge is 0.303 e. The summed E-state index contributed by atoms with van der Waals surface area (Å²) in [5, 5.41) is 9.24. The van der Waals surface area contributed by atoms with Crippen LogP contribution >= 0.6 is 23.5 Å². The van der Waals surface area contributed by atoms with E-state index >= 15 is 0 Å². The highest BCUT2D eigenvalue weighted by Gasteiger charge is 2.08. The molecule has 0 aromatic heterocycles. The summed E-state index contributed by atoms with van der Waals surface area (Å²) in [5.41, 5.74) is 0.828. The summed E-state index contributed by atoms with van der Waals surface area (Å²) in [7, 11) is 0. The Labute approximate surface area is 119 Å². The van der Waals surface area contributed by atoms with Crippen molar-refractivity contribution >= 4 is 23.5 Å². The Kier molecular flexibility index (Phi) is 7.26. The maximum Gasteiger partial charge on any atom is 0.101 e.